The first-order valence-corrected chi connectivity index (χ1v) is 12.1. The van der Waals surface area contributed by atoms with Crippen molar-refractivity contribution in [2.45, 2.75) is 26.9 Å². The molecule has 2 aromatic heterocycles. The first-order chi connectivity index (χ1) is 16.9. The van der Waals surface area contributed by atoms with Crippen molar-refractivity contribution in [3.8, 4) is 27.7 Å². The van der Waals surface area contributed by atoms with Gasteiger partial charge in [0.15, 0.2) is 6.10 Å². The van der Waals surface area contributed by atoms with Crippen LogP contribution in [0.25, 0.3) is 22.0 Å². The van der Waals surface area contributed by atoms with E-state index in [9.17, 15) is 9.59 Å². The third kappa shape index (κ3) is 4.52. The van der Waals surface area contributed by atoms with Crippen molar-refractivity contribution in [2.75, 3.05) is 16.8 Å². The largest absolute Gasteiger partial charge is 0.479 e. The minimum Gasteiger partial charge on any atom is -0.479 e. The fraction of sp³-hybridized carbons (Fsp3) is 0.185. The number of aryl methyl sites for hydroxylation is 1. The smallest absolute Gasteiger partial charge is 0.268 e. The molecule has 176 valence electrons. The Morgan fingerprint density at radius 1 is 1.11 bits per heavy atom. The number of ether oxygens (including phenoxy) is 1. The molecule has 2 amide bonds. The van der Waals surface area contributed by atoms with Crippen molar-refractivity contribution in [2.24, 2.45) is 0 Å². The zero-order chi connectivity index (χ0) is 24.5. The Kier molecular flexibility index (Phi) is 6.05. The van der Waals surface area contributed by atoms with Gasteiger partial charge in [0.1, 0.15) is 17.3 Å². The van der Waals surface area contributed by atoms with Crippen LogP contribution in [0.1, 0.15) is 18.1 Å². The van der Waals surface area contributed by atoms with Crippen molar-refractivity contribution in [1.29, 1.82) is 0 Å². The van der Waals surface area contributed by atoms with Crippen molar-refractivity contribution in [3.05, 3.63) is 77.3 Å². The molecular weight excluding hydrogens is 460 g/mol. The lowest BCUT2D eigenvalue weighted by atomic mass is 10.1. The first kappa shape index (κ1) is 22.7. The maximum atomic E-state index is 13.0. The number of nitrogens with zero attached hydrogens (tertiary/aromatic N) is 3. The molecule has 1 aliphatic rings. The van der Waals surface area contributed by atoms with Crippen molar-refractivity contribution in [1.82, 2.24) is 9.97 Å². The predicted molar refractivity (Wildman–Crippen MR) is 138 cm³/mol. The molecule has 1 unspecified atom stereocenters. The van der Waals surface area contributed by atoms with E-state index in [1.807, 2.05) is 73.8 Å². The number of amides is 2. The van der Waals surface area contributed by atoms with Crippen LogP contribution in [0.4, 0.5) is 11.4 Å². The summed E-state index contributed by atoms with van der Waals surface area (Å²) in [7, 11) is 0. The Morgan fingerprint density at radius 3 is 2.77 bits per heavy atom. The summed E-state index contributed by atoms with van der Waals surface area (Å²) in [6, 6.07) is 17.0. The van der Waals surface area contributed by atoms with E-state index in [1.54, 1.807) is 13.1 Å². The van der Waals surface area contributed by atoms with Gasteiger partial charge in [-0.2, -0.15) is 0 Å². The molecule has 35 heavy (non-hydrogen) atoms. The number of hydrogen-bond donors (Lipinski definition) is 1. The molecule has 1 aliphatic heterocycles. The van der Waals surface area contributed by atoms with E-state index in [1.165, 1.54) is 16.2 Å². The Balaban J connectivity index is 1.43. The highest BCUT2D eigenvalue weighted by molar-refractivity contribution is 7.13. The third-order valence-electron chi connectivity index (χ3n) is 6.03. The zero-order valence-electron chi connectivity index (χ0n) is 19.6. The summed E-state index contributed by atoms with van der Waals surface area (Å²) in [5.41, 5.74) is 5.77. The van der Waals surface area contributed by atoms with Gasteiger partial charge in [-0.3, -0.25) is 19.5 Å². The number of rotatable bonds is 5. The Bertz CT molecular complexity index is 1420. The van der Waals surface area contributed by atoms with Crippen LogP contribution >= 0.6 is 11.3 Å². The number of aromatic nitrogens is 2. The standard InChI is InChI=1S/C27H24N4O3S/c1-16-7-6-9-20(17(16)2)29-25(32)14-31-23-13-19(10-11-24(23)34-18(3)27(31)33)22-15-35-26(30-22)21-8-4-5-12-28-21/h4-13,15,18H,14H2,1-3H3,(H,29,32). The minimum atomic E-state index is -0.683. The molecule has 7 nitrogen and oxygen atoms in total. The molecule has 2 aromatic carbocycles. The van der Waals surface area contributed by atoms with Crippen LogP contribution in [0.3, 0.4) is 0 Å². The second-order valence-corrected chi connectivity index (χ2v) is 9.27. The molecule has 4 aromatic rings. The van der Waals surface area contributed by atoms with E-state index in [0.29, 0.717) is 11.4 Å². The number of nitrogens with one attached hydrogen (secondary N) is 1. The molecule has 0 bridgehead atoms. The highest BCUT2D eigenvalue weighted by atomic mass is 32.1. The molecule has 1 atom stereocenters. The van der Waals surface area contributed by atoms with Gasteiger partial charge in [0.05, 0.1) is 17.1 Å². The first-order valence-electron chi connectivity index (χ1n) is 11.3. The fourth-order valence-corrected chi connectivity index (χ4v) is 4.77. The summed E-state index contributed by atoms with van der Waals surface area (Å²) in [5, 5.41) is 5.71. The van der Waals surface area contributed by atoms with Crippen LogP contribution in [0, 0.1) is 13.8 Å². The summed E-state index contributed by atoms with van der Waals surface area (Å²) >= 11 is 1.50. The Labute approximate surface area is 207 Å². The van der Waals surface area contributed by atoms with Crippen LogP contribution in [0.5, 0.6) is 5.75 Å². The highest BCUT2D eigenvalue weighted by Crippen LogP contribution is 2.38. The second kappa shape index (κ2) is 9.31. The van der Waals surface area contributed by atoms with Gasteiger partial charge in [0.2, 0.25) is 5.91 Å². The van der Waals surface area contributed by atoms with Crippen molar-refractivity contribution in [3.63, 3.8) is 0 Å². The van der Waals surface area contributed by atoms with Crippen molar-refractivity contribution >= 4 is 34.5 Å². The maximum Gasteiger partial charge on any atom is 0.268 e. The lowest BCUT2D eigenvalue weighted by Crippen LogP contribution is -2.47. The average Bonchev–Trinajstić information content (AvgIpc) is 3.36. The number of carbonyl (C=O) groups is 2. The van der Waals surface area contributed by atoms with Crippen LogP contribution in [-0.2, 0) is 9.59 Å². The topological polar surface area (TPSA) is 84.4 Å². The van der Waals surface area contributed by atoms with Crippen LogP contribution < -0.4 is 15.0 Å². The average molecular weight is 485 g/mol. The molecule has 1 N–H and O–H groups in total. The normalized spacial score (nSPS) is 14.9. The number of benzene rings is 2. The lowest BCUT2D eigenvalue weighted by molar-refractivity contribution is -0.127. The van der Waals surface area contributed by atoms with Crippen LogP contribution in [0.2, 0.25) is 0 Å². The van der Waals surface area contributed by atoms with E-state index >= 15 is 0 Å². The van der Waals surface area contributed by atoms with Gasteiger partial charge >= 0.3 is 0 Å². The second-order valence-electron chi connectivity index (χ2n) is 8.42. The highest BCUT2D eigenvalue weighted by Gasteiger charge is 2.33. The molecule has 0 aliphatic carbocycles. The van der Waals surface area contributed by atoms with Gasteiger partial charge in [0, 0.05) is 22.8 Å². The molecule has 0 saturated heterocycles. The Hall–Kier alpha value is -4.04. The molecular formula is C27H24N4O3S. The molecule has 0 radical (unpaired) electrons. The van der Waals surface area contributed by atoms with Gasteiger partial charge < -0.3 is 10.1 Å². The van der Waals surface area contributed by atoms with Crippen LogP contribution in [0.15, 0.2) is 66.2 Å². The summed E-state index contributed by atoms with van der Waals surface area (Å²) in [5.74, 6) is 0.0161. The lowest BCUT2D eigenvalue weighted by Gasteiger charge is -2.33. The monoisotopic (exact) mass is 484 g/mol. The zero-order valence-corrected chi connectivity index (χ0v) is 20.4. The molecule has 8 heteroatoms. The van der Waals surface area contributed by atoms with E-state index in [4.69, 9.17) is 9.72 Å². The number of pyridine rings is 1. The van der Waals surface area contributed by atoms with E-state index in [2.05, 4.69) is 10.3 Å². The number of thiazole rings is 1. The molecule has 5 rings (SSSR count). The number of fused-ring (bicyclic) bond motifs is 1. The summed E-state index contributed by atoms with van der Waals surface area (Å²) < 4.78 is 5.82. The molecule has 0 saturated carbocycles. The molecule has 0 fully saturated rings. The molecule has 3 heterocycles. The maximum absolute atomic E-state index is 13.0. The predicted octanol–water partition coefficient (Wildman–Crippen LogP) is 5.24. The van der Waals surface area contributed by atoms with E-state index in [-0.39, 0.29) is 18.4 Å². The number of carbonyl (C=O) groups excluding carboxylic acids is 2. The fourth-order valence-electron chi connectivity index (χ4n) is 3.96. The van der Waals surface area contributed by atoms with E-state index < -0.39 is 6.10 Å². The quantitative estimate of drug-likeness (QED) is 0.419. The van der Waals surface area contributed by atoms with Gasteiger partial charge in [-0.05, 0) is 68.3 Å². The van der Waals surface area contributed by atoms with E-state index in [0.717, 1.165) is 38.8 Å². The third-order valence-corrected chi connectivity index (χ3v) is 6.90. The summed E-state index contributed by atoms with van der Waals surface area (Å²) in [6.07, 6.45) is 1.05. The Morgan fingerprint density at radius 2 is 1.97 bits per heavy atom. The van der Waals surface area contributed by atoms with Gasteiger partial charge in [-0.1, -0.05) is 18.2 Å². The van der Waals surface area contributed by atoms with Gasteiger partial charge in [0.25, 0.3) is 5.91 Å². The van der Waals surface area contributed by atoms with Gasteiger partial charge in [-0.25, -0.2) is 4.98 Å². The minimum absolute atomic E-state index is 0.118. The summed E-state index contributed by atoms with van der Waals surface area (Å²) in [6.45, 7) is 5.52. The summed E-state index contributed by atoms with van der Waals surface area (Å²) in [4.78, 5) is 36.6. The number of hydrogen-bond acceptors (Lipinski definition) is 6. The van der Waals surface area contributed by atoms with Gasteiger partial charge in [-0.15, -0.1) is 11.3 Å². The SMILES string of the molecule is Cc1cccc(NC(=O)CN2C(=O)C(C)Oc3ccc(-c4csc(-c5ccccn5)n4)cc32)c1C. The molecule has 0 spiro atoms. The van der Waals surface area contributed by atoms with Crippen LogP contribution in [-0.4, -0.2) is 34.4 Å². The van der Waals surface area contributed by atoms with Crippen molar-refractivity contribution < 1.29 is 14.3 Å². The number of anilines is 2.